The minimum absolute atomic E-state index is 0.175. The Morgan fingerprint density at radius 2 is 2.14 bits per heavy atom. The minimum atomic E-state index is -3.30. The molecule has 0 radical (unpaired) electrons. The Balaban J connectivity index is 1.66. The third-order valence-corrected chi connectivity index (χ3v) is 3.50. The van der Waals surface area contributed by atoms with E-state index in [1.807, 2.05) is 24.3 Å². The maximum Gasteiger partial charge on any atom is 0.229 e. The van der Waals surface area contributed by atoms with Crippen LogP contribution in [0.15, 0.2) is 36.7 Å². The summed E-state index contributed by atoms with van der Waals surface area (Å²) in [4.78, 5) is 0. The van der Waals surface area contributed by atoms with Crippen molar-refractivity contribution >= 4 is 15.7 Å². The Bertz CT molecular complexity index is 741. The lowest BCUT2D eigenvalue weighted by molar-refractivity contribution is 0.0759. The molecule has 2 aromatic rings. The molecule has 21 heavy (non-hydrogen) atoms. The van der Waals surface area contributed by atoms with Crippen molar-refractivity contribution in [3.63, 3.8) is 0 Å². The first-order chi connectivity index (χ1) is 9.99. The monoisotopic (exact) mass is 309 g/mol. The second-order valence-electron chi connectivity index (χ2n) is 4.82. The highest BCUT2D eigenvalue weighted by Crippen LogP contribution is 2.31. The molecule has 2 heterocycles. The molecule has 0 aliphatic carbocycles. The molecule has 0 bridgehead atoms. The number of hydrogen-bond acceptors (Lipinski definition) is 5. The minimum Gasteiger partial charge on any atom is -0.486 e. The molecule has 3 rings (SSSR count). The highest BCUT2D eigenvalue weighted by atomic mass is 32.2. The fourth-order valence-corrected chi connectivity index (χ4v) is 2.63. The van der Waals surface area contributed by atoms with Crippen molar-refractivity contribution in [2.24, 2.45) is 0 Å². The third kappa shape index (κ3) is 3.46. The molecule has 0 fully saturated rings. The molecule has 8 heteroatoms. The summed E-state index contributed by atoms with van der Waals surface area (Å²) in [6.07, 6.45) is 3.99. The van der Waals surface area contributed by atoms with E-state index in [1.54, 1.807) is 10.9 Å². The number of para-hydroxylation sites is 2. The molecule has 0 spiro atoms. The van der Waals surface area contributed by atoms with Crippen LogP contribution in [-0.4, -0.2) is 37.2 Å². The summed E-state index contributed by atoms with van der Waals surface area (Å²) >= 11 is 0. The van der Waals surface area contributed by atoms with E-state index in [9.17, 15) is 8.42 Å². The molecule has 1 aromatic carbocycles. The average molecular weight is 309 g/mol. The molecule has 112 valence electrons. The van der Waals surface area contributed by atoms with Gasteiger partial charge in [-0.05, 0) is 12.1 Å². The summed E-state index contributed by atoms with van der Waals surface area (Å²) in [7, 11) is -3.30. The van der Waals surface area contributed by atoms with E-state index < -0.39 is 10.0 Å². The molecule has 0 saturated heterocycles. The van der Waals surface area contributed by atoms with Gasteiger partial charge in [0.2, 0.25) is 10.0 Å². The number of rotatable bonds is 4. The summed E-state index contributed by atoms with van der Waals surface area (Å²) in [5.74, 6) is 1.43. The first-order valence-corrected chi connectivity index (χ1v) is 8.27. The number of fused-ring (bicyclic) bond motifs is 1. The second kappa shape index (κ2) is 5.28. The van der Waals surface area contributed by atoms with Gasteiger partial charge < -0.3 is 9.47 Å². The van der Waals surface area contributed by atoms with Crippen LogP contribution >= 0.6 is 0 Å². The Hall–Kier alpha value is -2.22. The lowest BCUT2D eigenvalue weighted by atomic mass is 10.2. The van der Waals surface area contributed by atoms with Crippen LogP contribution in [-0.2, 0) is 16.6 Å². The zero-order valence-electron chi connectivity index (χ0n) is 11.4. The van der Waals surface area contributed by atoms with Gasteiger partial charge in [0.25, 0.3) is 0 Å². The van der Waals surface area contributed by atoms with Crippen molar-refractivity contribution in [1.29, 1.82) is 0 Å². The lowest BCUT2D eigenvalue weighted by Crippen LogP contribution is -2.33. The van der Waals surface area contributed by atoms with E-state index in [2.05, 4.69) is 9.82 Å². The highest BCUT2D eigenvalue weighted by Gasteiger charge is 2.21. The van der Waals surface area contributed by atoms with E-state index in [0.29, 0.717) is 24.6 Å². The number of ether oxygens (including phenoxy) is 2. The lowest BCUT2D eigenvalue weighted by Gasteiger charge is -2.26. The van der Waals surface area contributed by atoms with Gasteiger partial charge in [0.15, 0.2) is 17.6 Å². The highest BCUT2D eigenvalue weighted by molar-refractivity contribution is 7.92. The zero-order valence-corrected chi connectivity index (χ0v) is 12.2. The quantitative estimate of drug-likeness (QED) is 0.914. The van der Waals surface area contributed by atoms with Gasteiger partial charge in [0.05, 0.1) is 24.7 Å². The van der Waals surface area contributed by atoms with Gasteiger partial charge in [-0.15, -0.1) is 0 Å². The van der Waals surface area contributed by atoms with Crippen molar-refractivity contribution < 1.29 is 17.9 Å². The number of sulfonamides is 1. The van der Waals surface area contributed by atoms with Gasteiger partial charge in [-0.25, -0.2) is 8.42 Å². The van der Waals surface area contributed by atoms with Crippen molar-refractivity contribution in [2.75, 3.05) is 17.6 Å². The van der Waals surface area contributed by atoms with Crippen molar-refractivity contribution in [2.45, 2.75) is 12.6 Å². The Morgan fingerprint density at radius 3 is 2.90 bits per heavy atom. The largest absolute Gasteiger partial charge is 0.486 e. The number of hydrogen-bond donors (Lipinski definition) is 1. The van der Waals surface area contributed by atoms with Crippen LogP contribution in [0.5, 0.6) is 11.5 Å². The molecule has 1 aromatic heterocycles. The summed E-state index contributed by atoms with van der Waals surface area (Å²) in [5.41, 5.74) is 0.426. The zero-order chi connectivity index (χ0) is 14.9. The fourth-order valence-electron chi connectivity index (χ4n) is 2.09. The molecular formula is C13H15N3O4S. The number of nitrogens with zero attached hydrogens (tertiary/aromatic N) is 2. The SMILES string of the molecule is CS(=O)(=O)Nc1cnn(CC2COc3ccccc3O2)c1. The molecule has 1 atom stereocenters. The maximum absolute atomic E-state index is 11.1. The van der Waals surface area contributed by atoms with E-state index in [4.69, 9.17) is 9.47 Å². The average Bonchev–Trinajstić information content (AvgIpc) is 2.83. The Kier molecular flexibility index (Phi) is 3.46. The van der Waals surface area contributed by atoms with Gasteiger partial charge in [-0.3, -0.25) is 9.40 Å². The molecule has 1 unspecified atom stereocenters. The maximum atomic E-state index is 11.1. The van der Waals surface area contributed by atoms with Crippen LogP contribution < -0.4 is 14.2 Å². The van der Waals surface area contributed by atoms with Crippen molar-refractivity contribution in [1.82, 2.24) is 9.78 Å². The van der Waals surface area contributed by atoms with E-state index in [1.165, 1.54) is 6.20 Å². The summed E-state index contributed by atoms with van der Waals surface area (Å²) in [6.45, 7) is 0.894. The number of benzene rings is 1. The first-order valence-electron chi connectivity index (χ1n) is 6.38. The van der Waals surface area contributed by atoms with Crippen molar-refractivity contribution in [3.8, 4) is 11.5 Å². The van der Waals surface area contributed by atoms with Crippen LogP contribution in [0, 0.1) is 0 Å². The Labute approximate surface area is 122 Å². The molecular weight excluding hydrogens is 294 g/mol. The van der Waals surface area contributed by atoms with Gasteiger partial charge in [-0.2, -0.15) is 5.10 Å². The van der Waals surface area contributed by atoms with Gasteiger partial charge in [-0.1, -0.05) is 12.1 Å². The normalized spacial score (nSPS) is 17.5. The smallest absolute Gasteiger partial charge is 0.229 e. The first kappa shape index (κ1) is 13.7. The Morgan fingerprint density at radius 1 is 1.38 bits per heavy atom. The predicted molar refractivity (Wildman–Crippen MR) is 77.0 cm³/mol. The summed E-state index contributed by atoms with van der Waals surface area (Å²) in [5, 5.41) is 4.10. The standard InChI is InChI=1S/C13H15N3O4S/c1-21(17,18)15-10-6-14-16(7-10)8-11-9-19-12-4-2-3-5-13(12)20-11/h2-7,11,15H,8-9H2,1H3. The number of nitrogens with one attached hydrogen (secondary N) is 1. The van der Waals surface area contributed by atoms with Crippen LogP contribution in [0.25, 0.3) is 0 Å². The molecule has 7 nitrogen and oxygen atoms in total. The van der Waals surface area contributed by atoms with E-state index in [-0.39, 0.29) is 6.10 Å². The predicted octanol–water partition coefficient (Wildman–Crippen LogP) is 1.09. The molecule has 1 aliphatic rings. The molecule has 1 aliphatic heterocycles. The van der Waals surface area contributed by atoms with Crippen LogP contribution in [0.3, 0.4) is 0 Å². The molecule has 0 saturated carbocycles. The van der Waals surface area contributed by atoms with E-state index >= 15 is 0 Å². The second-order valence-corrected chi connectivity index (χ2v) is 6.57. The van der Waals surface area contributed by atoms with Crippen molar-refractivity contribution in [3.05, 3.63) is 36.7 Å². The molecule has 1 N–H and O–H groups in total. The van der Waals surface area contributed by atoms with Crippen LogP contribution in [0.4, 0.5) is 5.69 Å². The van der Waals surface area contributed by atoms with Crippen LogP contribution in [0.1, 0.15) is 0 Å². The van der Waals surface area contributed by atoms with Gasteiger partial charge in [0, 0.05) is 6.20 Å². The third-order valence-electron chi connectivity index (χ3n) is 2.89. The number of aromatic nitrogens is 2. The topological polar surface area (TPSA) is 82.5 Å². The summed E-state index contributed by atoms with van der Waals surface area (Å²) < 4.78 is 37.7. The van der Waals surface area contributed by atoms with Gasteiger partial charge in [0.1, 0.15) is 6.61 Å². The van der Waals surface area contributed by atoms with Gasteiger partial charge >= 0.3 is 0 Å². The fraction of sp³-hybridized carbons (Fsp3) is 0.308. The van der Waals surface area contributed by atoms with E-state index in [0.717, 1.165) is 12.0 Å². The number of anilines is 1. The molecule has 0 amide bonds. The van der Waals surface area contributed by atoms with Crippen LogP contribution in [0.2, 0.25) is 0 Å². The summed E-state index contributed by atoms with van der Waals surface area (Å²) in [6, 6.07) is 7.47.